The number of amides is 1. The lowest BCUT2D eigenvalue weighted by Crippen LogP contribution is -2.24. The van der Waals surface area contributed by atoms with Crippen LogP contribution in [-0.2, 0) is 0 Å². The predicted molar refractivity (Wildman–Crippen MR) is 79.3 cm³/mol. The number of hydrogen-bond acceptors (Lipinski definition) is 4. The fraction of sp³-hybridized carbons (Fsp3) is 0.0714. The van der Waals surface area contributed by atoms with Crippen LogP contribution in [0.5, 0.6) is 0 Å². The SMILES string of the molecule is C=CCNC(=O)c1cc(Nc2ccccc2Cl)ncn1. The van der Waals surface area contributed by atoms with E-state index < -0.39 is 0 Å². The lowest BCUT2D eigenvalue weighted by molar-refractivity contribution is 0.0953. The highest BCUT2D eigenvalue weighted by Gasteiger charge is 2.08. The standard InChI is InChI=1S/C14H13ClN4O/c1-2-7-16-14(20)12-8-13(18-9-17-12)19-11-6-4-3-5-10(11)15/h2-6,8-9H,1,7H2,(H,16,20)(H,17,18,19). The van der Waals surface area contributed by atoms with E-state index in [2.05, 4.69) is 27.2 Å². The smallest absolute Gasteiger partial charge is 0.270 e. The number of hydrogen-bond donors (Lipinski definition) is 2. The number of anilines is 2. The molecule has 2 rings (SSSR count). The molecule has 5 nitrogen and oxygen atoms in total. The summed E-state index contributed by atoms with van der Waals surface area (Å²) in [6.45, 7) is 3.92. The lowest BCUT2D eigenvalue weighted by Gasteiger charge is -2.08. The zero-order valence-corrected chi connectivity index (χ0v) is 11.4. The Kier molecular flexibility index (Phi) is 4.68. The van der Waals surface area contributed by atoms with Crippen LogP contribution in [-0.4, -0.2) is 22.4 Å². The summed E-state index contributed by atoms with van der Waals surface area (Å²) in [4.78, 5) is 19.8. The van der Waals surface area contributed by atoms with Gasteiger partial charge in [-0.3, -0.25) is 4.79 Å². The van der Waals surface area contributed by atoms with E-state index in [-0.39, 0.29) is 11.6 Å². The third-order valence-electron chi connectivity index (χ3n) is 2.44. The molecule has 0 radical (unpaired) electrons. The third kappa shape index (κ3) is 3.55. The normalized spacial score (nSPS) is 9.85. The van der Waals surface area contributed by atoms with Gasteiger partial charge in [0.25, 0.3) is 5.91 Å². The monoisotopic (exact) mass is 288 g/mol. The highest BCUT2D eigenvalue weighted by Crippen LogP contribution is 2.23. The molecule has 102 valence electrons. The Balaban J connectivity index is 2.16. The second-order valence-electron chi connectivity index (χ2n) is 3.89. The zero-order valence-electron chi connectivity index (χ0n) is 10.6. The van der Waals surface area contributed by atoms with Crippen molar-refractivity contribution in [1.29, 1.82) is 0 Å². The summed E-state index contributed by atoms with van der Waals surface area (Å²) in [5.74, 6) is 0.214. The lowest BCUT2D eigenvalue weighted by atomic mass is 10.3. The van der Waals surface area contributed by atoms with Gasteiger partial charge in [0.05, 0.1) is 10.7 Å². The summed E-state index contributed by atoms with van der Waals surface area (Å²) in [7, 11) is 0. The summed E-state index contributed by atoms with van der Waals surface area (Å²) in [6.07, 6.45) is 2.92. The van der Waals surface area contributed by atoms with Crippen LogP contribution in [0.2, 0.25) is 5.02 Å². The van der Waals surface area contributed by atoms with Gasteiger partial charge in [0.1, 0.15) is 17.8 Å². The highest BCUT2D eigenvalue weighted by atomic mass is 35.5. The van der Waals surface area contributed by atoms with E-state index in [0.717, 1.165) is 0 Å². The molecule has 20 heavy (non-hydrogen) atoms. The van der Waals surface area contributed by atoms with Crippen molar-refractivity contribution in [3.8, 4) is 0 Å². The Morgan fingerprint density at radius 2 is 2.15 bits per heavy atom. The minimum atomic E-state index is -0.283. The van der Waals surface area contributed by atoms with Gasteiger partial charge in [-0.1, -0.05) is 29.8 Å². The Bertz CT molecular complexity index is 630. The van der Waals surface area contributed by atoms with E-state index in [0.29, 0.717) is 23.1 Å². The van der Waals surface area contributed by atoms with Crippen LogP contribution < -0.4 is 10.6 Å². The summed E-state index contributed by atoms with van der Waals surface area (Å²) < 4.78 is 0. The van der Waals surface area contributed by atoms with Gasteiger partial charge in [-0.15, -0.1) is 6.58 Å². The van der Waals surface area contributed by atoms with E-state index >= 15 is 0 Å². The molecule has 0 saturated heterocycles. The van der Waals surface area contributed by atoms with Crippen LogP contribution in [0.4, 0.5) is 11.5 Å². The van der Waals surface area contributed by atoms with Crippen molar-refractivity contribution in [2.75, 3.05) is 11.9 Å². The van der Waals surface area contributed by atoms with Crippen molar-refractivity contribution in [1.82, 2.24) is 15.3 Å². The van der Waals surface area contributed by atoms with Crippen LogP contribution in [0.15, 0.2) is 49.3 Å². The molecule has 1 heterocycles. The fourth-order valence-electron chi connectivity index (χ4n) is 1.51. The Morgan fingerprint density at radius 1 is 1.35 bits per heavy atom. The first-order valence-electron chi connectivity index (χ1n) is 5.93. The van der Waals surface area contributed by atoms with Crippen LogP contribution in [0.25, 0.3) is 0 Å². The molecule has 1 amide bonds. The Hall–Kier alpha value is -2.40. The molecule has 0 aliphatic heterocycles. The summed E-state index contributed by atoms with van der Waals surface area (Å²) >= 11 is 6.05. The molecule has 0 saturated carbocycles. The van der Waals surface area contributed by atoms with Crippen LogP contribution in [0.3, 0.4) is 0 Å². The number of carbonyl (C=O) groups is 1. The predicted octanol–water partition coefficient (Wildman–Crippen LogP) is 2.79. The highest BCUT2D eigenvalue weighted by molar-refractivity contribution is 6.33. The molecule has 0 atom stereocenters. The third-order valence-corrected chi connectivity index (χ3v) is 2.77. The zero-order chi connectivity index (χ0) is 14.4. The van der Waals surface area contributed by atoms with Crippen LogP contribution >= 0.6 is 11.6 Å². The quantitative estimate of drug-likeness (QED) is 0.830. The molecule has 1 aromatic heterocycles. The van der Waals surface area contributed by atoms with Gasteiger partial charge < -0.3 is 10.6 Å². The topological polar surface area (TPSA) is 66.9 Å². The molecule has 1 aromatic carbocycles. The number of halogens is 1. The number of nitrogens with one attached hydrogen (secondary N) is 2. The van der Waals surface area contributed by atoms with Gasteiger partial charge in [0.15, 0.2) is 0 Å². The van der Waals surface area contributed by atoms with E-state index in [1.165, 1.54) is 6.33 Å². The van der Waals surface area contributed by atoms with E-state index in [4.69, 9.17) is 11.6 Å². The molecular formula is C14H13ClN4O. The van der Waals surface area contributed by atoms with Gasteiger partial charge in [-0.2, -0.15) is 0 Å². The summed E-state index contributed by atoms with van der Waals surface area (Å²) in [5.41, 5.74) is 0.988. The Morgan fingerprint density at radius 3 is 2.90 bits per heavy atom. The van der Waals surface area contributed by atoms with Gasteiger partial charge >= 0.3 is 0 Å². The van der Waals surface area contributed by atoms with E-state index in [1.54, 1.807) is 18.2 Å². The first-order valence-corrected chi connectivity index (χ1v) is 6.31. The molecule has 0 aliphatic carbocycles. The van der Waals surface area contributed by atoms with Gasteiger partial charge in [-0.25, -0.2) is 9.97 Å². The molecule has 0 spiro atoms. The average molecular weight is 289 g/mol. The summed E-state index contributed by atoms with van der Waals surface area (Å²) in [6, 6.07) is 8.83. The first-order chi connectivity index (χ1) is 9.70. The van der Waals surface area contributed by atoms with Crippen LogP contribution in [0.1, 0.15) is 10.5 Å². The van der Waals surface area contributed by atoms with Crippen molar-refractivity contribution in [3.63, 3.8) is 0 Å². The second kappa shape index (κ2) is 6.68. The van der Waals surface area contributed by atoms with Crippen molar-refractivity contribution in [2.45, 2.75) is 0 Å². The molecule has 0 aliphatic rings. The van der Waals surface area contributed by atoms with E-state index in [9.17, 15) is 4.79 Å². The number of aromatic nitrogens is 2. The van der Waals surface area contributed by atoms with Crippen molar-refractivity contribution in [2.24, 2.45) is 0 Å². The second-order valence-corrected chi connectivity index (χ2v) is 4.30. The maximum absolute atomic E-state index is 11.8. The number of benzene rings is 1. The summed E-state index contributed by atoms with van der Waals surface area (Å²) in [5, 5.41) is 6.26. The van der Waals surface area contributed by atoms with Crippen molar-refractivity contribution in [3.05, 3.63) is 60.0 Å². The van der Waals surface area contributed by atoms with Crippen molar-refractivity contribution < 1.29 is 4.79 Å². The Labute approximate surface area is 121 Å². The van der Waals surface area contributed by atoms with Crippen molar-refractivity contribution >= 4 is 29.0 Å². The molecule has 2 N–H and O–H groups in total. The molecule has 6 heteroatoms. The minimum Gasteiger partial charge on any atom is -0.347 e. The van der Waals surface area contributed by atoms with Gasteiger partial charge in [-0.05, 0) is 12.1 Å². The molecule has 0 unspecified atom stereocenters. The molecule has 0 bridgehead atoms. The average Bonchev–Trinajstić information content (AvgIpc) is 2.47. The largest absolute Gasteiger partial charge is 0.347 e. The molecule has 2 aromatic rings. The number of carbonyl (C=O) groups excluding carboxylic acids is 1. The van der Waals surface area contributed by atoms with Crippen LogP contribution in [0, 0.1) is 0 Å². The van der Waals surface area contributed by atoms with Gasteiger partial charge in [0.2, 0.25) is 0 Å². The number of para-hydroxylation sites is 1. The maximum Gasteiger partial charge on any atom is 0.270 e. The first kappa shape index (κ1) is 14.0. The maximum atomic E-state index is 11.8. The number of nitrogens with zero attached hydrogens (tertiary/aromatic N) is 2. The van der Waals surface area contributed by atoms with Gasteiger partial charge in [0, 0.05) is 12.6 Å². The molecular weight excluding hydrogens is 276 g/mol. The minimum absolute atomic E-state index is 0.274. The number of rotatable bonds is 5. The fourth-order valence-corrected chi connectivity index (χ4v) is 1.69. The molecule has 0 fully saturated rings. The van der Waals surface area contributed by atoms with E-state index in [1.807, 2.05) is 18.2 Å².